The third-order valence-corrected chi connectivity index (χ3v) is 4.79. The van der Waals surface area contributed by atoms with E-state index in [9.17, 15) is 17.2 Å². The fraction of sp³-hybridized carbons (Fsp3) is 0.143. The summed E-state index contributed by atoms with van der Waals surface area (Å²) >= 11 is 6.00. The fourth-order valence-corrected chi connectivity index (χ4v) is 3.37. The molecule has 0 spiro atoms. The lowest BCUT2D eigenvalue weighted by Gasteiger charge is -2.16. The molecule has 1 N–H and O–H groups in total. The van der Waals surface area contributed by atoms with Crippen molar-refractivity contribution < 1.29 is 17.2 Å². The predicted octanol–water partition coefficient (Wildman–Crippen LogP) is 3.66. The SMILES string of the molecule is C[C@@H](NS(=O)(=O)c1ccc(F)c(F)c1)c1ccccc1Cl. The van der Waals surface area contributed by atoms with Gasteiger partial charge in [0.1, 0.15) is 0 Å². The van der Waals surface area contributed by atoms with Crippen LogP contribution < -0.4 is 4.72 Å². The van der Waals surface area contributed by atoms with Crippen LogP contribution in [0.5, 0.6) is 0 Å². The molecule has 0 saturated carbocycles. The van der Waals surface area contributed by atoms with E-state index >= 15 is 0 Å². The van der Waals surface area contributed by atoms with Crippen molar-refractivity contribution in [3.05, 3.63) is 64.7 Å². The number of nitrogens with one attached hydrogen (secondary N) is 1. The van der Waals surface area contributed by atoms with Crippen LogP contribution in [0.25, 0.3) is 0 Å². The standard InChI is InChI=1S/C14H12ClF2NO2S/c1-9(11-4-2-3-5-12(11)15)18-21(19,20)10-6-7-13(16)14(17)8-10/h2-9,18H,1H3/t9-/m1/s1. The number of halogens is 3. The molecule has 0 fully saturated rings. The van der Waals surface area contributed by atoms with Crippen molar-refractivity contribution in [3.8, 4) is 0 Å². The lowest BCUT2D eigenvalue weighted by atomic mass is 10.1. The van der Waals surface area contributed by atoms with Gasteiger partial charge < -0.3 is 0 Å². The van der Waals surface area contributed by atoms with Crippen molar-refractivity contribution in [3.63, 3.8) is 0 Å². The summed E-state index contributed by atoms with van der Waals surface area (Å²) in [5, 5.41) is 0.415. The highest BCUT2D eigenvalue weighted by Crippen LogP contribution is 2.24. The van der Waals surface area contributed by atoms with E-state index in [1.807, 2.05) is 0 Å². The van der Waals surface area contributed by atoms with Gasteiger partial charge in [0, 0.05) is 11.1 Å². The Morgan fingerprint density at radius 1 is 1.10 bits per heavy atom. The number of rotatable bonds is 4. The van der Waals surface area contributed by atoms with Gasteiger partial charge in [0.25, 0.3) is 0 Å². The zero-order chi connectivity index (χ0) is 15.6. The second kappa shape index (κ2) is 6.09. The van der Waals surface area contributed by atoms with Crippen LogP contribution in [0.2, 0.25) is 5.02 Å². The van der Waals surface area contributed by atoms with Crippen LogP contribution in [0.4, 0.5) is 8.78 Å². The van der Waals surface area contributed by atoms with Crippen molar-refractivity contribution in [2.45, 2.75) is 17.9 Å². The topological polar surface area (TPSA) is 46.2 Å². The number of hydrogen-bond acceptors (Lipinski definition) is 2. The van der Waals surface area contributed by atoms with Crippen LogP contribution in [0.15, 0.2) is 47.4 Å². The Bertz CT molecular complexity index is 765. The second-order valence-electron chi connectivity index (χ2n) is 4.44. The zero-order valence-corrected chi connectivity index (χ0v) is 12.5. The van der Waals surface area contributed by atoms with E-state index in [2.05, 4.69) is 4.72 Å². The number of sulfonamides is 1. The van der Waals surface area contributed by atoms with Crippen molar-refractivity contribution in [2.75, 3.05) is 0 Å². The maximum Gasteiger partial charge on any atom is 0.241 e. The summed E-state index contributed by atoms with van der Waals surface area (Å²) in [6.45, 7) is 1.61. The van der Waals surface area contributed by atoms with E-state index < -0.39 is 27.7 Å². The summed E-state index contributed by atoms with van der Waals surface area (Å²) in [7, 11) is -3.98. The van der Waals surface area contributed by atoms with Gasteiger partial charge in [-0.1, -0.05) is 29.8 Å². The van der Waals surface area contributed by atoms with Gasteiger partial charge in [-0.25, -0.2) is 21.9 Å². The van der Waals surface area contributed by atoms with Gasteiger partial charge >= 0.3 is 0 Å². The van der Waals surface area contributed by atoms with Crippen LogP contribution in [-0.2, 0) is 10.0 Å². The highest BCUT2D eigenvalue weighted by atomic mass is 35.5. The largest absolute Gasteiger partial charge is 0.241 e. The Hall–Kier alpha value is -1.50. The molecule has 0 radical (unpaired) electrons. The van der Waals surface area contributed by atoms with Gasteiger partial charge in [-0.2, -0.15) is 0 Å². The van der Waals surface area contributed by atoms with Crippen molar-refractivity contribution in [2.24, 2.45) is 0 Å². The minimum atomic E-state index is -3.98. The first-order chi connectivity index (χ1) is 9.81. The fourth-order valence-electron chi connectivity index (χ4n) is 1.83. The summed E-state index contributed by atoms with van der Waals surface area (Å²) < 4.78 is 52.7. The lowest BCUT2D eigenvalue weighted by Crippen LogP contribution is -2.27. The Morgan fingerprint density at radius 2 is 1.76 bits per heavy atom. The van der Waals surface area contributed by atoms with E-state index in [0.29, 0.717) is 16.7 Å². The molecule has 1 atom stereocenters. The molecule has 2 aromatic carbocycles. The minimum Gasteiger partial charge on any atom is -0.207 e. The summed E-state index contributed by atoms with van der Waals surface area (Å²) in [5.41, 5.74) is 0.588. The first-order valence-corrected chi connectivity index (χ1v) is 7.89. The van der Waals surface area contributed by atoms with Crippen molar-refractivity contribution >= 4 is 21.6 Å². The Balaban J connectivity index is 2.29. The molecule has 3 nitrogen and oxygen atoms in total. The molecule has 2 rings (SSSR count). The van der Waals surface area contributed by atoms with E-state index in [1.54, 1.807) is 31.2 Å². The van der Waals surface area contributed by atoms with Gasteiger partial charge in [0.2, 0.25) is 10.0 Å². The van der Waals surface area contributed by atoms with Gasteiger partial charge in [0.15, 0.2) is 11.6 Å². The van der Waals surface area contributed by atoms with Crippen molar-refractivity contribution in [1.82, 2.24) is 4.72 Å². The summed E-state index contributed by atoms with van der Waals surface area (Å²) in [6, 6.07) is 8.56. The van der Waals surface area contributed by atoms with Crippen LogP contribution >= 0.6 is 11.6 Å². The molecule has 112 valence electrons. The van der Waals surface area contributed by atoms with E-state index in [4.69, 9.17) is 11.6 Å². The molecule has 21 heavy (non-hydrogen) atoms. The third-order valence-electron chi connectivity index (χ3n) is 2.91. The molecule has 0 aliphatic rings. The quantitative estimate of drug-likeness (QED) is 0.929. The van der Waals surface area contributed by atoms with Crippen molar-refractivity contribution in [1.29, 1.82) is 0 Å². The van der Waals surface area contributed by atoms with Crippen LogP contribution in [0.1, 0.15) is 18.5 Å². The molecule has 0 amide bonds. The monoisotopic (exact) mass is 331 g/mol. The average molecular weight is 332 g/mol. The number of benzene rings is 2. The first-order valence-electron chi connectivity index (χ1n) is 6.03. The minimum absolute atomic E-state index is 0.347. The third kappa shape index (κ3) is 3.58. The molecule has 0 saturated heterocycles. The first kappa shape index (κ1) is 15.9. The molecule has 0 unspecified atom stereocenters. The maximum absolute atomic E-state index is 13.1. The highest BCUT2D eigenvalue weighted by Gasteiger charge is 2.21. The average Bonchev–Trinajstić information content (AvgIpc) is 2.41. The lowest BCUT2D eigenvalue weighted by molar-refractivity contribution is 0.503. The van der Waals surface area contributed by atoms with Gasteiger partial charge in [0.05, 0.1) is 4.90 Å². The molecule has 0 heterocycles. The van der Waals surface area contributed by atoms with Gasteiger partial charge in [-0.15, -0.1) is 0 Å². The van der Waals surface area contributed by atoms with E-state index in [-0.39, 0.29) is 4.90 Å². The smallest absolute Gasteiger partial charge is 0.207 e. The summed E-state index contributed by atoms with van der Waals surface area (Å²) in [4.78, 5) is -0.347. The van der Waals surface area contributed by atoms with E-state index in [0.717, 1.165) is 12.1 Å². The zero-order valence-electron chi connectivity index (χ0n) is 11.0. The Labute approximate surface area is 126 Å². The number of hydrogen-bond donors (Lipinski definition) is 1. The molecule has 0 aliphatic carbocycles. The molecule has 0 aliphatic heterocycles. The molecular formula is C14H12ClF2NO2S. The molecule has 2 aromatic rings. The Morgan fingerprint density at radius 3 is 2.38 bits per heavy atom. The maximum atomic E-state index is 13.1. The summed E-state index contributed by atoms with van der Waals surface area (Å²) in [5.74, 6) is -2.32. The second-order valence-corrected chi connectivity index (χ2v) is 6.56. The summed E-state index contributed by atoms with van der Waals surface area (Å²) in [6.07, 6.45) is 0. The molecular weight excluding hydrogens is 320 g/mol. The molecule has 7 heteroatoms. The van der Waals surface area contributed by atoms with Crippen LogP contribution in [0, 0.1) is 11.6 Å². The van der Waals surface area contributed by atoms with Crippen LogP contribution in [0.3, 0.4) is 0 Å². The van der Waals surface area contributed by atoms with E-state index in [1.165, 1.54) is 0 Å². The van der Waals surface area contributed by atoms with Crippen LogP contribution in [-0.4, -0.2) is 8.42 Å². The normalized spacial score (nSPS) is 13.1. The van der Waals surface area contributed by atoms with Gasteiger partial charge in [-0.3, -0.25) is 0 Å². The van der Waals surface area contributed by atoms with Gasteiger partial charge in [-0.05, 0) is 36.8 Å². The predicted molar refractivity (Wildman–Crippen MR) is 76.5 cm³/mol. The highest BCUT2D eigenvalue weighted by molar-refractivity contribution is 7.89. The Kier molecular flexibility index (Phi) is 4.61. The molecule has 0 bridgehead atoms. The molecule has 0 aromatic heterocycles.